The van der Waals surface area contributed by atoms with E-state index >= 15 is 0 Å². The van der Waals surface area contributed by atoms with Gasteiger partial charge < -0.3 is 15.0 Å². The van der Waals surface area contributed by atoms with Gasteiger partial charge in [0.05, 0.1) is 12.6 Å². The fourth-order valence-corrected chi connectivity index (χ4v) is 2.92. The average molecular weight is 285 g/mol. The monoisotopic (exact) mass is 285 g/mol. The highest BCUT2D eigenvalue weighted by Crippen LogP contribution is 2.29. The van der Waals surface area contributed by atoms with Crippen LogP contribution in [0.4, 0.5) is 5.82 Å². The minimum Gasteiger partial charge on any atom is -0.379 e. The van der Waals surface area contributed by atoms with Crippen molar-refractivity contribution in [2.75, 3.05) is 31.7 Å². The zero-order chi connectivity index (χ0) is 14.7. The highest BCUT2D eigenvalue weighted by atomic mass is 16.5. The average Bonchev–Trinajstić information content (AvgIpc) is 3.06. The van der Waals surface area contributed by atoms with Crippen LogP contribution < -0.4 is 10.2 Å². The van der Waals surface area contributed by atoms with Gasteiger partial charge in [-0.05, 0) is 23.9 Å². The zero-order valence-corrected chi connectivity index (χ0v) is 12.8. The summed E-state index contributed by atoms with van der Waals surface area (Å²) in [6, 6.07) is 8.97. The lowest BCUT2D eigenvalue weighted by atomic mass is 10.1. The standard InChI is InChI=1S/C17H23N3O/c1-3-18-10-13-11-19-17(16-7-5-4-6-15(13)16)20(2)14-8-9-21-12-14/h4-7,11,14,18H,3,8-10,12H2,1-2H3. The number of rotatable bonds is 5. The van der Waals surface area contributed by atoms with E-state index in [4.69, 9.17) is 9.72 Å². The second-order valence-corrected chi connectivity index (χ2v) is 5.56. The number of nitrogens with one attached hydrogen (secondary N) is 1. The fourth-order valence-electron chi connectivity index (χ4n) is 2.92. The van der Waals surface area contributed by atoms with E-state index in [9.17, 15) is 0 Å². The molecule has 1 aliphatic heterocycles. The Balaban J connectivity index is 1.99. The highest BCUT2D eigenvalue weighted by molar-refractivity contribution is 5.94. The molecule has 4 nitrogen and oxygen atoms in total. The van der Waals surface area contributed by atoms with Crippen LogP contribution in [0, 0.1) is 0 Å². The summed E-state index contributed by atoms with van der Waals surface area (Å²) in [5.74, 6) is 1.06. The number of pyridine rings is 1. The molecule has 2 heterocycles. The van der Waals surface area contributed by atoms with Crippen molar-refractivity contribution in [3.05, 3.63) is 36.0 Å². The molecule has 0 saturated carbocycles. The van der Waals surface area contributed by atoms with Gasteiger partial charge in [-0.3, -0.25) is 0 Å². The molecule has 0 spiro atoms. The molecule has 0 amide bonds. The topological polar surface area (TPSA) is 37.4 Å². The Morgan fingerprint density at radius 2 is 2.14 bits per heavy atom. The van der Waals surface area contributed by atoms with Crippen LogP contribution >= 0.6 is 0 Å². The molecule has 1 saturated heterocycles. The zero-order valence-electron chi connectivity index (χ0n) is 12.8. The molecule has 3 rings (SSSR count). The number of nitrogens with zero attached hydrogens (tertiary/aromatic N) is 2. The lowest BCUT2D eigenvalue weighted by Gasteiger charge is -2.26. The third kappa shape index (κ3) is 2.87. The van der Waals surface area contributed by atoms with Crippen molar-refractivity contribution in [1.29, 1.82) is 0 Å². The summed E-state index contributed by atoms with van der Waals surface area (Å²) < 4.78 is 5.51. The highest BCUT2D eigenvalue weighted by Gasteiger charge is 2.23. The molecule has 4 heteroatoms. The summed E-state index contributed by atoms with van der Waals surface area (Å²) >= 11 is 0. The minimum absolute atomic E-state index is 0.431. The smallest absolute Gasteiger partial charge is 0.136 e. The van der Waals surface area contributed by atoms with Gasteiger partial charge in [0.1, 0.15) is 5.82 Å². The molecule has 1 atom stereocenters. The van der Waals surface area contributed by atoms with Gasteiger partial charge in [-0.25, -0.2) is 4.98 Å². The summed E-state index contributed by atoms with van der Waals surface area (Å²) in [5, 5.41) is 5.90. The van der Waals surface area contributed by atoms with Gasteiger partial charge in [0.25, 0.3) is 0 Å². The first-order valence-electron chi connectivity index (χ1n) is 7.69. The van der Waals surface area contributed by atoms with Crippen LogP contribution in [0.25, 0.3) is 10.8 Å². The summed E-state index contributed by atoms with van der Waals surface area (Å²) in [7, 11) is 2.12. The van der Waals surface area contributed by atoms with Gasteiger partial charge in [-0.15, -0.1) is 0 Å². The molecule has 112 valence electrons. The molecule has 1 aromatic carbocycles. The first-order valence-corrected chi connectivity index (χ1v) is 7.69. The first-order chi connectivity index (χ1) is 10.3. The van der Waals surface area contributed by atoms with Crippen molar-refractivity contribution in [2.24, 2.45) is 0 Å². The van der Waals surface area contributed by atoms with E-state index in [2.05, 4.69) is 48.5 Å². The van der Waals surface area contributed by atoms with Crippen LogP contribution in [-0.4, -0.2) is 37.8 Å². The summed E-state index contributed by atoms with van der Waals surface area (Å²) in [5.41, 5.74) is 1.26. The predicted octanol–water partition coefficient (Wildman–Crippen LogP) is 2.57. The Hall–Kier alpha value is -1.65. The Morgan fingerprint density at radius 3 is 2.86 bits per heavy atom. The number of hydrogen-bond donors (Lipinski definition) is 1. The lowest BCUT2D eigenvalue weighted by Crippen LogP contribution is -2.32. The Bertz CT molecular complexity index is 608. The molecule has 0 radical (unpaired) electrons. The fraction of sp³-hybridized carbons (Fsp3) is 0.471. The van der Waals surface area contributed by atoms with Crippen LogP contribution in [0.1, 0.15) is 18.9 Å². The van der Waals surface area contributed by atoms with Crippen LogP contribution in [0.15, 0.2) is 30.5 Å². The van der Waals surface area contributed by atoms with Crippen molar-refractivity contribution in [1.82, 2.24) is 10.3 Å². The van der Waals surface area contributed by atoms with E-state index in [0.29, 0.717) is 6.04 Å². The third-order valence-electron chi connectivity index (χ3n) is 4.21. The largest absolute Gasteiger partial charge is 0.379 e. The molecule has 1 aromatic heterocycles. The minimum atomic E-state index is 0.431. The summed E-state index contributed by atoms with van der Waals surface area (Å²) in [6.45, 7) is 5.60. The molecule has 2 aromatic rings. The second kappa shape index (κ2) is 6.41. The quantitative estimate of drug-likeness (QED) is 0.916. The predicted molar refractivity (Wildman–Crippen MR) is 86.8 cm³/mol. The van der Waals surface area contributed by atoms with E-state index in [0.717, 1.165) is 38.5 Å². The maximum Gasteiger partial charge on any atom is 0.136 e. The maximum absolute atomic E-state index is 5.51. The molecule has 1 aliphatic rings. The number of aromatic nitrogens is 1. The number of hydrogen-bond acceptors (Lipinski definition) is 4. The van der Waals surface area contributed by atoms with E-state index in [1.807, 2.05) is 6.20 Å². The van der Waals surface area contributed by atoms with Crippen LogP contribution in [0.5, 0.6) is 0 Å². The van der Waals surface area contributed by atoms with E-state index in [1.165, 1.54) is 16.3 Å². The van der Waals surface area contributed by atoms with Gasteiger partial charge in [0.2, 0.25) is 0 Å². The Kier molecular flexibility index (Phi) is 4.36. The van der Waals surface area contributed by atoms with Crippen LogP contribution in [-0.2, 0) is 11.3 Å². The first kappa shape index (κ1) is 14.3. The van der Waals surface area contributed by atoms with E-state index in [-0.39, 0.29) is 0 Å². The van der Waals surface area contributed by atoms with Gasteiger partial charge in [0, 0.05) is 31.8 Å². The number of fused-ring (bicyclic) bond motifs is 1. The van der Waals surface area contributed by atoms with Crippen molar-refractivity contribution < 1.29 is 4.74 Å². The van der Waals surface area contributed by atoms with Crippen LogP contribution in [0.3, 0.4) is 0 Å². The Labute approximate surface area is 126 Å². The number of ether oxygens (including phenoxy) is 1. The Morgan fingerprint density at radius 1 is 1.33 bits per heavy atom. The molecular weight excluding hydrogens is 262 g/mol. The number of benzene rings is 1. The summed E-state index contributed by atoms with van der Waals surface area (Å²) in [6.07, 6.45) is 3.08. The number of likely N-dealkylation sites (N-methyl/N-ethyl adjacent to an activating group) is 1. The SMILES string of the molecule is CCNCc1cnc(N(C)C2CCOC2)c2ccccc12. The van der Waals surface area contributed by atoms with Crippen molar-refractivity contribution in [3.63, 3.8) is 0 Å². The second-order valence-electron chi connectivity index (χ2n) is 5.56. The van der Waals surface area contributed by atoms with Gasteiger partial charge in [-0.2, -0.15) is 0 Å². The molecule has 1 N–H and O–H groups in total. The molecular formula is C17H23N3O. The van der Waals surface area contributed by atoms with Gasteiger partial charge >= 0.3 is 0 Å². The van der Waals surface area contributed by atoms with Gasteiger partial charge in [0.15, 0.2) is 0 Å². The molecule has 0 bridgehead atoms. The molecule has 1 fully saturated rings. The van der Waals surface area contributed by atoms with E-state index < -0.39 is 0 Å². The van der Waals surface area contributed by atoms with E-state index in [1.54, 1.807) is 0 Å². The molecule has 21 heavy (non-hydrogen) atoms. The molecule has 1 unspecified atom stereocenters. The van der Waals surface area contributed by atoms with Crippen LogP contribution in [0.2, 0.25) is 0 Å². The summed E-state index contributed by atoms with van der Waals surface area (Å²) in [4.78, 5) is 7.00. The van der Waals surface area contributed by atoms with Crippen molar-refractivity contribution in [3.8, 4) is 0 Å². The molecule has 0 aliphatic carbocycles. The normalized spacial score (nSPS) is 18.3. The number of anilines is 1. The third-order valence-corrected chi connectivity index (χ3v) is 4.21. The van der Waals surface area contributed by atoms with Crippen molar-refractivity contribution in [2.45, 2.75) is 25.9 Å². The maximum atomic E-state index is 5.51. The van der Waals surface area contributed by atoms with Gasteiger partial charge in [-0.1, -0.05) is 31.2 Å². The van der Waals surface area contributed by atoms with Crippen molar-refractivity contribution >= 4 is 16.6 Å². The lowest BCUT2D eigenvalue weighted by molar-refractivity contribution is 0.193.